The number of carboxylic acid groups (broad SMARTS) is 1. The number of aromatic carboxylic acids is 1. The number of benzene rings is 4. The summed E-state index contributed by atoms with van der Waals surface area (Å²) in [6.45, 7) is 0. The maximum Gasteiger partial charge on any atom is 0.336 e. The van der Waals surface area contributed by atoms with Crippen molar-refractivity contribution in [3.05, 3.63) is 131 Å². The molecule has 0 aliphatic heterocycles. The molecule has 4 aromatic rings. The summed E-state index contributed by atoms with van der Waals surface area (Å²) < 4.78 is 0. The van der Waals surface area contributed by atoms with Crippen molar-refractivity contribution in [2.24, 2.45) is 0 Å². The summed E-state index contributed by atoms with van der Waals surface area (Å²) in [5, 5.41) is 12.4. The van der Waals surface area contributed by atoms with Gasteiger partial charge in [-0.2, -0.15) is 0 Å². The third-order valence-corrected chi connectivity index (χ3v) is 5.27. The first-order chi connectivity index (χ1) is 16.5. The van der Waals surface area contributed by atoms with Crippen molar-refractivity contribution >= 4 is 29.4 Å². The number of carbonyl (C=O) groups is 3. The molecule has 0 aliphatic rings. The zero-order valence-electron chi connectivity index (χ0n) is 18.1. The molecule has 0 unspecified atom stereocenters. The summed E-state index contributed by atoms with van der Waals surface area (Å²) in [7, 11) is 0. The van der Waals surface area contributed by atoms with Gasteiger partial charge >= 0.3 is 5.97 Å². The van der Waals surface area contributed by atoms with Crippen LogP contribution in [-0.4, -0.2) is 22.8 Å². The van der Waals surface area contributed by atoms with Crippen molar-refractivity contribution < 1.29 is 19.5 Å². The van der Waals surface area contributed by atoms with Crippen LogP contribution in [0.15, 0.2) is 109 Å². The van der Waals surface area contributed by atoms with Crippen LogP contribution >= 0.6 is 0 Å². The van der Waals surface area contributed by atoms with Gasteiger partial charge in [0.15, 0.2) is 5.78 Å². The average molecular weight is 447 g/mol. The Labute approximate surface area is 197 Å². The summed E-state index contributed by atoms with van der Waals surface area (Å²) in [5.41, 5.74) is 3.53. The van der Waals surface area contributed by atoms with E-state index in [0.717, 1.165) is 5.56 Å². The van der Waals surface area contributed by atoms with Crippen LogP contribution in [0.5, 0.6) is 0 Å². The van der Waals surface area contributed by atoms with Gasteiger partial charge in [0.25, 0.3) is 5.91 Å². The quantitative estimate of drug-likeness (QED) is 0.261. The van der Waals surface area contributed by atoms with Crippen molar-refractivity contribution in [1.82, 2.24) is 0 Å². The normalized spacial score (nSPS) is 10.7. The molecule has 0 aliphatic carbocycles. The zero-order chi connectivity index (χ0) is 23.9. The Balaban J connectivity index is 1.51. The summed E-state index contributed by atoms with van der Waals surface area (Å²) in [4.78, 5) is 36.9. The lowest BCUT2D eigenvalue weighted by atomic mass is 9.95. The highest BCUT2D eigenvalue weighted by Crippen LogP contribution is 2.28. The molecule has 0 aromatic heterocycles. The molecule has 0 atom stereocenters. The molecule has 0 saturated carbocycles. The van der Waals surface area contributed by atoms with E-state index in [0.29, 0.717) is 27.9 Å². The first kappa shape index (κ1) is 22.4. The fourth-order valence-corrected chi connectivity index (χ4v) is 3.57. The minimum atomic E-state index is -1.06. The van der Waals surface area contributed by atoms with Gasteiger partial charge in [-0.3, -0.25) is 9.59 Å². The number of carbonyl (C=O) groups excluding carboxylic acids is 2. The Morgan fingerprint density at radius 1 is 0.647 bits per heavy atom. The number of anilines is 1. The Morgan fingerprint density at radius 2 is 1.21 bits per heavy atom. The molecular formula is C29H21NO4. The van der Waals surface area contributed by atoms with Crippen LogP contribution in [0, 0.1) is 0 Å². The van der Waals surface area contributed by atoms with E-state index < -0.39 is 5.97 Å². The average Bonchev–Trinajstić information content (AvgIpc) is 2.88. The van der Waals surface area contributed by atoms with Gasteiger partial charge in [-0.25, -0.2) is 4.79 Å². The second kappa shape index (κ2) is 10.2. The highest BCUT2D eigenvalue weighted by Gasteiger charge is 2.17. The van der Waals surface area contributed by atoms with Gasteiger partial charge in [-0.05, 0) is 47.0 Å². The van der Waals surface area contributed by atoms with E-state index in [-0.39, 0.29) is 17.3 Å². The van der Waals surface area contributed by atoms with Gasteiger partial charge in [0.2, 0.25) is 0 Å². The first-order valence-electron chi connectivity index (χ1n) is 10.6. The predicted octanol–water partition coefficient (Wildman–Crippen LogP) is 6.20. The molecule has 0 spiro atoms. The molecular weight excluding hydrogens is 426 g/mol. The van der Waals surface area contributed by atoms with E-state index >= 15 is 0 Å². The number of rotatable bonds is 7. The second-order valence-corrected chi connectivity index (χ2v) is 7.54. The largest absolute Gasteiger partial charge is 0.478 e. The molecule has 0 fully saturated rings. The number of hydrogen-bond donors (Lipinski definition) is 2. The maximum absolute atomic E-state index is 13.0. The molecule has 0 heterocycles. The third kappa shape index (κ3) is 5.16. The molecule has 0 saturated heterocycles. The summed E-state index contributed by atoms with van der Waals surface area (Å²) in [6.07, 6.45) is 3.23. The van der Waals surface area contributed by atoms with E-state index in [1.807, 2.05) is 18.2 Å². The molecule has 0 radical (unpaired) electrons. The summed E-state index contributed by atoms with van der Waals surface area (Å²) >= 11 is 0. The van der Waals surface area contributed by atoms with Crippen LogP contribution in [0.1, 0.15) is 36.6 Å². The summed E-state index contributed by atoms with van der Waals surface area (Å²) in [5.74, 6) is -1.49. The molecule has 5 heteroatoms. The monoisotopic (exact) mass is 447 g/mol. The molecule has 0 bridgehead atoms. The van der Waals surface area contributed by atoms with Gasteiger partial charge < -0.3 is 10.4 Å². The number of carboxylic acids is 1. The number of allylic oxidation sites excluding steroid dienone is 1. The zero-order valence-corrected chi connectivity index (χ0v) is 18.1. The molecule has 34 heavy (non-hydrogen) atoms. The Hall–Kier alpha value is -4.77. The molecule has 166 valence electrons. The Morgan fingerprint density at radius 3 is 1.85 bits per heavy atom. The van der Waals surface area contributed by atoms with E-state index in [4.69, 9.17) is 0 Å². The topological polar surface area (TPSA) is 83.5 Å². The molecule has 4 aromatic carbocycles. The van der Waals surface area contributed by atoms with Crippen LogP contribution in [0.3, 0.4) is 0 Å². The lowest BCUT2D eigenvalue weighted by Gasteiger charge is -2.12. The van der Waals surface area contributed by atoms with Crippen molar-refractivity contribution in [2.45, 2.75) is 0 Å². The van der Waals surface area contributed by atoms with Crippen LogP contribution < -0.4 is 5.32 Å². The Kier molecular flexibility index (Phi) is 6.75. The fourth-order valence-electron chi connectivity index (χ4n) is 3.57. The van der Waals surface area contributed by atoms with E-state index in [2.05, 4.69) is 5.32 Å². The number of hydrogen-bond acceptors (Lipinski definition) is 3. The third-order valence-electron chi connectivity index (χ3n) is 5.27. The fraction of sp³-hybridized carbons (Fsp3) is 0. The highest BCUT2D eigenvalue weighted by molar-refractivity contribution is 6.10. The standard InChI is InChI=1S/C29H21NO4/c31-27(21-8-2-1-3-9-21)19-16-20-14-17-22(18-15-20)30-28(32)25-12-6-4-10-23(25)24-11-5-7-13-26(24)29(33)34/h1-19H,(H,30,32)(H,33,34). The summed E-state index contributed by atoms with van der Waals surface area (Å²) in [6, 6.07) is 29.6. The van der Waals surface area contributed by atoms with Crippen molar-refractivity contribution in [3.63, 3.8) is 0 Å². The van der Waals surface area contributed by atoms with E-state index in [9.17, 15) is 19.5 Å². The van der Waals surface area contributed by atoms with Crippen LogP contribution in [0.4, 0.5) is 5.69 Å². The maximum atomic E-state index is 13.0. The van der Waals surface area contributed by atoms with E-state index in [1.165, 1.54) is 12.1 Å². The molecule has 5 nitrogen and oxygen atoms in total. The number of ketones is 1. The first-order valence-corrected chi connectivity index (χ1v) is 10.6. The lowest BCUT2D eigenvalue weighted by Crippen LogP contribution is -2.13. The Bertz CT molecular complexity index is 1370. The highest BCUT2D eigenvalue weighted by atomic mass is 16.4. The number of nitrogens with one attached hydrogen (secondary N) is 1. The molecule has 1 amide bonds. The minimum Gasteiger partial charge on any atom is -0.478 e. The second-order valence-electron chi connectivity index (χ2n) is 7.54. The number of amides is 1. The minimum absolute atomic E-state index is 0.0868. The van der Waals surface area contributed by atoms with Crippen LogP contribution in [0.25, 0.3) is 17.2 Å². The van der Waals surface area contributed by atoms with Gasteiger partial charge in [0.1, 0.15) is 0 Å². The molecule has 2 N–H and O–H groups in total. The van der Waals surface area contributed by atoms with E-state index in [1.54, 1.807) is 84.9 Å². The van der Waals surface area contributed by atoms with Gasteiger partial charge in [-0.15, -0.1) is 0 Å². The lowest BCUT2D eigenvalue weighted by molar-refractivity contribution is 0.0697. The SMILES string of the molecule is O=C(C=Cc1ccc(NC(=O)c2ccccc2-c2ccccc2C(=O)O)cc1)c1ccccc1. The van der Waals surface area contributed by atoms with Crippen molar-refractivity contribution in [2.75, 3.05) is 5.32 Å². The molecule has 4 rings (SSSR count). The smallest absolute Gasteiger partial charge is 0.336 e. The van der Waals surface area contributed by atoms with Gasteiger partial charge in [0, 0.05) is 16.8 Å². The van der Waals surface area contributed by atoms with Gasteiger partial charge in [-0.1, -0.05) is 84.9 Å². The van der Waals surface area contributed by atoms with Gasteiger partial charge in [0.05, 0.1) is 5.56 Å². The van der Waals surface area contributed by atoms with Crippen LogP contribution in [0.2, 0.25) is 0 Å². The van der Waals surface area contributed by atoms with Crippen LogP contribution in [-0.2, 0) is 0 Å². The van der Waals surface area contributed by atoms with Crippen molar-refractivity contribution in [1.29, 1.82) is 0 Å². The predicted molar refractivity (Wildman–Crippen MR) is 133 cm³/mol. The van der Waals surface area contributed by atoms with Crippen molar-refractivity contribution in [3.8, 4) is 11.1 Å².